The summed E-state index contributed by atoms with van der Waals surface area (Å²) in [7, 11) is 0. The van der Waals surface area contributed by atoms with Crippen LogP contribution in [0.2, 0.25) is 0 Å². The fraction of sp³-hybridized carbons (Fsp3) is 0.862. The number of allylic oxidation sites excluding steroid dienone is 1. The van der Waals surface area contributed by atoms with Gasteiger partial charge >= 0.3 is 0 Å². The van der Waals surface area contributed by atoms with Crippen LogP contribution in [0.5, 0.6) is 0 Å². The number of aliphatic hydroxyl groups excluding tert-OH is 3. The van der Waals surface area contributed by atoms with Crippen LogP contribution in [0.3, 0.4) is 0 Å². The number of hydrogen-bond acceptors (Lipinski definition) is 5. The SMILES string of the molecule is CCCCC(=O)[C@@H](C)[C@H]1C[C@H](O)[C@@]2(C)C3=C(C(=O)C[C@]12C)[C@@]1(C)CC[C@H](O)C(C)(C)[C@@H]1C[C@@H]3O. The highest BCUT2D eigenvalue weighted by molar-refractivity contribution is 6.00. The molecule has 5 nitrogen and oxygen atoms in total. The number of ketones is 2. The van der Waals surface area contributed by atoms with Gasteiger partial charge in [-0.15, -0.1) is 0 Å². The molecule has 5 heteroatoms. The molecule has 0 saturated heterocycles. The van der Waals surface area contributed by atoms with Crippen LogP contribution in [0, 0.1) is 39.4 Å². The predicted octanol–water partition coefficient (Wildman–Crippen LogP) is 4.61. The summed E-state index contributed by atoms with van der Waals surface area (Å²) in [6, 6.07) is 0. The molecule has 0 spiro atoms. The van der Waals surface area contributed by atoms with E-state index in [-0.39, 0.29) is 29.3 Å². The highest BCUT2D eigenvalue weighted by Crippen LogP contribution is 2.71. The molecule has 4 aliphatic rings. The van der Waals surface area contributed by atoms with E-state index in [4.69, 9.17) is 0 Å². The van der Waals surface area contributed by atoms with Gasteiger partial charge in [-0.2, -0.15) is 0 Å². The first kappa shape index (κ1) is 26.0. The standard InChI is InChI=1S/C29H46O5/c1-8-9-10-18(30)16(2)17-13-23(34)29(7)25-19(31)14-21-26(3,4)22(33)11-12-27(21,5)24(25)20(32)15-28(17,29)6/h16-17,19,21-23,31,33-34H,8-15H2,1-7H3/t16-,17+,19-,21-,22-,23-,27-,28+,29-/m0/s1. The van der Waals surface area contributed by atoms with Crippen LogP contribution in [0.15, 0.2) is 11.1 Å². The van der Waals surface area contributed by atoms with Gasteiger partial charge in [-0.25, -0.2) is 0 Å². The Kier molecular flexibility index (Phi) is 6.31. The molecule has 0 aliphatic heterocycles. The molecular formula is C29H46O5. The van der Waals surface area contributed by atoms with Gasteiger partial charge in [0.25, 0.3) is 0 Å². The van der Waals surface area contributed by atoms with E-state index in [0.717, 1.165) is 24.0 Å². The van der Waals surface area contributed by atoms with Crippen LogP contribution in [-0.4, -0.2) is 45.2 Å². The second-order valence-corrected chi connectivity index (χ2v) is 13.3. The molecule has 192 valence electrons. The van der Waals surface area contributed by atoms with Gasteiger partial charge in [-0.1, -0.05) is 54.9 Å². The summed E-state index contributed by atoms with van der Waals surface area (Å²) in [6.45, 7) is 14.4. The first-order valence-electron chi connectivity index (χ1n) is 13.5. The molecule has 0 bridgehead atoms. The van der Waals surface area contributed by atoms with E-state index in [1.54, 1.807) is 0 Å². The van der Waals surface area contributed by atoms with E-state index in [1.165, 1.54) is 0 Å². The van der Waals surface area contributed by atoms with Crippen LogP contribution < -0.4 is 0 Å². The molecule has 4 aliphatic carbocycles. The lowest BCUT2D eigenvalue weighted by Gasteiger charge is -2.62. The lowest BCUT2D eigenvalue weighted by atomic mass is 9.42. The van der Waals surface area contributed by atoms with Gasteiger partial charge in [0.2, 0.25) is 0 Å². The van der Waals surface area contributed by atoms with Crippen molar-refractivity contribution in [2.45, 2.75) is 118 Å². The summed E-state index contributed by atoms with van der Waals surface area (Å²) in [4.78, 5) is 27.1. The Hall–Kier alpha value is -1.04. The monoisotopic (exact) mass is 474 g/mol. The summed E-state index contributed by atoms with van der Waals surface area (Å²) in [5.41, 5.74) is -0.725. The fourth-order valence-electron chi connectivity index (χ4n) is 9.07. The van der Waals surface area contributed by atoms with Crippen LogP contribution in [-0.2, 0) is 9.59 Å². The quantitative estimate of drug-likeness (QED) is 0.541. The predicted molar refractivity (Wildman–Crippen MR) is 132 cm³/mol. The molecule has 0 amide bonds. The van der Waals surface area contributed by atoms with E-state index in [1.807, 2.05) is 13.8 Å². The maximum Gasteiger partial charge on any atom is 0.160 e. The molecule has 0 heterocycles. The third kappa shape index (κ3) is 3.22. The van der Waals surface area contributed by atoms with Gasteiger partial charge in [0.15, 0.2) is 5.78 Å². The Labute approximate surface area is 205 Å². The number of fused-ring (bicyclic) bond motifs is 4. The maximum atomic E-state index is 14.0. The Morgan fingerprint density at radius 3 is 2.32 bits per heavy atom. The van der Waals surface area contributed by atoms with Crippen molar-refractivity contribution < 1.29 is 24.9 Å². The summed E-state index contributed by atoms with van der Waals surface area (Å²) < 4.78 is 0. The van der Waals surface area contributed by atoms with Crippen molar-refractivity contribution in [3.63, 3.8) is 0 Å². The molecule has 4 rings (SSSR count). The molecule has 0 radical (unpaired) electrons. The van der Waals surface area contributed by atoms with Crippen molar-refractivity contribution in [1.82, 2.24) is 0 Å². The summed E-state index contributed by atoms with van der Waals surface area (Å²) in [5.74, 6) is -0.0528. The summed E-state index contributed by atoms with van der Waals surface area (Å²) in [5, 5.41) is 34.0. The largest absolute Gasteiger partial charge is 0.393 e. The minimum atomic E-state index is -0.828. The zero-order chi connectivity index (χ0) is 25.4. The van der Waals surface area contributed by atoms with Gasteiger partial charge in [0.1, 0.15) is 5.78 Å². The van der Waals surface area contributed by atoms with Crippen LogP contribution in [0.1, 0.15) is 99.8 Å². The van der Waals surface area contributed by atoms with E-state index in [9.17, 15) is 24.9 Å². The second-order valence-electron chi connectivity index (χ2n) is 13.3. The molecule has 0 aromatic rings. The van der Waals surface area contributed by atoms with Gasteiger partial charge < -0.3 is 15.3 Å². The summed E-state index contributed by atoms with van der Waals surface area (Å²) in [6.07, 6.45) is 2.97. The van der Waals surface area contributed by atoms with Gasteiger partial charge in [0, 0.05) is 29.7 Å². The first-order chi connectivity index (χ1) is 15.7. The lowest BCUT2D eigenvalue weighted by Crippen LogP contribution is -2.61. The minimum Gasteiger partial charge on any atom is -0.393 e. The third-order valence-corrected chi connectivity index (χ3v) is 11.5. The Bertz CT molecular complexity index is 904. The molecule has 9 atom stereocenters. The smallest absolute Gasteiger partial charge is 0.160 e. The molecule has 2 saturated carbocycles. The van der Waals surface area contributed by atoms with Crippen molar-refractivity contribution in [3.8, 4) is 0 Å². The zero-order valence-electron chi connectivity index (χ0n) is 22.3. The van der Waals surface area contributed by atoms with Crippen molar-refractivity contribution in [2.75, 3.05) is 0 Å². The van der Waals surface area contributed by atoms with Crippen LogP contribution in [0.25, 0.3) is 0 Å². The first-order valence-corrected chi connectivity index (χ1v) is 13.5. The second kappa shape index (κ2) is 8.24. The van der Waals surface area contributed by atoms with E-state index in [0.29, 0.717) is 38.5 Å². The zero-order valence-corrected chi connectivity index (χ0v) is 22.3. The highest BCUT2D eigenvalue weighted by atomic mass is 16.3. The van der Waals surface area contributed by atoms with Crippen molar-refractivity contribution in [3.05, 3.63) is 11.1 Å². The average molecular weight is 475 g/mol. The highest BCUT2D eigenvalue weighted by Gasteiger charge is 2.70. The van der Waals surface area contributed by atoms with Gasteiger partial charge in [0.05, 0.1) is 18.3 Å². The molecule has 0 aromatic heterocycles. The normalized spacial score (nSPS) is 46.5. The van der Waals surface area contributed by atoms with E-state index in [2.05, 4.69) is 34.6 Å². The van der Waals surface area contributed by atoms with Gasteiger partial charge in [-0.3, -0.25) is 9.59 Å². The molecule has 0 unspecified atom stereocenters. The van der Waals surface area contributed by atoms with Crippen LogP contribution in [0.4, 0.5) is 0 Å². The number of unbranched alkanes of at least 4 members (excludes halogenated alkanes) is 1. The van der Waals surface area contributed by atoms with Gasteiger partial charge in [-0.05, 0) is 65.8 Å². The number of rotatable bonds is 5. The fourth-order valence-corrected chi connectivity index (χ4v) is 9.07. The van der Waals surface area contributed by atoms with Crippen molar-refractivity contribution in [2.24, 2.45) is 39.4 Å². The number of Topliss-reactive ketones (excluding diaryl/α,β-unsaturated/α-hetero) is 2. The van der Waals surface area contributed by atoms with Crippen molar-refractivity contribution in [1.29, 1.82) is 0 Å². The number of hydrogen-bond donors (Lipinski definition) is 3. The topological polar surface area (TPSA) is 94.8 Å². The Morgan fingerprint density at radius 2 is 1.71 bits per heavy atom. The summed E-state index contributed by atoms with van der Waals surface area (Å²) >= 11 is 0. The Morgan fingerprint density at radius 1 is 1.06 bits per heavy atom. The average Bonchev–Trinajstić information content (AvgIpc) is 2.96. The molecule has 0 aromatic carbocycles. The van der Waals surface area contributed by atoms with Crippen molar-refractivity contribution >= 4 is 11.6 Å². The number of carbonyl (C=O) groups excluding carboxylic acids is 2. The van der Waals surface area contributed by atoms with E-state index < -0.39 is 40.0 Å². The van der Waals surface area contributed by atoms with Crippen LogP contribution >= 0.6 is 0 Å². The molecule has 34 heavy (non-hydrogen) atoms. The molecular weight excluding hydrogens is 428 g/mol. The molecule has 3 N–H and O–H groups in total. The third-order valence-electron chi connectivity index (χ3n) is 11.5. The maximum absolute atomic E-state index is 14.0. The lowest BCUT2D eigenvalue weighted by molar-refractivity contribution is -0.141. The Balaban J connectivity index is 1.83. The van der Waals surface area contributed by atoms with E-state index >= 15 is 0 Å². The number of carbonyl (C=O) groups is 2. The minimum absolute atomic E-state index is 0.0155. The molecule has 2 fully saturated rings. The number of aliphatic hydroxyl groups is 3.